The second kappa shape index (κ2) is 6.91. The molecule has 2 aromatic rings. The summed E-state index contributed by atoms with van der Waals surface area (Å²) in [5.41, 5.74) is 0.991. The van der Waals surface area contributed by atoms with Gasteiger partial charge in [-0.3, -0.25) is 10.1 Å². The largest absolute Gasteiger partial charge is 0.493 e. The van der Waals surface area contributed by atoms with Crippen molar-refractivity contribution in [1.29, 1.82) is 0 Å². The zero-order chi connectivity index (χ0) is 16.1. The van der Waals surface area contributed by atoms with Crippen LogP contribution in [0.3, 0.4) is 0 Å². The maximum Gasteiger partial charge on any atom is 0.335 e. The number of aromatic carboxylic acids is 1. The van der Waals surface area contributed by atoms with Crippen LogP contribution in [-0.4, -0.2) is 22.6 Å². The standard InChI is InChI=1S/C15H12ClNO5/c16-12-7-13(17(20)21)9-14(8-12)22-6-5-10-1-3-11(4-2-10)15(18)19/h1-4,7-9H,5-6H2,(H,18,19). The molecule has 1 N–H and O–H groups in total. The lowest BCUT2D eigenvalue weighted by molar-refractivity contribution is -0.384. The van der Waals surface area contributed by atoms with E-state index in [2.05, 4.69) is 0 Å². The summed E-state index contributed by atoms with van der Waals surface area (Å²) in [4.78, 5) is 20.9. The number of nitro benzene ring substituents is 1. The molecular formula is C15H12ClNO5. The molecule has 6 nitrogen and oxygen atoms in total. The number of nitro groups is 1. The van der Waals surface area contributed by atoms with Crippen LogP contribution in [0, 0.1) is 10.1 Å². The first-order chi connectivity index (χ1) is 10.5. The molecule has 0 aliphatic rings. The quantitative estimate of drug-likeness (QED) is 0.649. The lowest BCUT2D eigenvalue weighted by Crippen LogP contribution is -2.03. The zero-order valence-electron chi connectivity index (χ0n) is 11.4. The number of carbonyl (C=O) groups is 1. The summed E-state index contributed by atoms with van der Waals surface area (Å²) in [5.74, 6) is -0.657. The SMILES string of the molecule is O=C(O)c1ccc(CCOc2cc(Cl)cc([N+](=O)[O-])c2)cc1. The molecule has 0 aliphatic carbocycles. The van der Waals surface area contributed by atoms with Crippen LogP contribution in [0.1, 0.15) is 15.9 Å². The van der Waals surface area contributed by atoms with Crippen LogP contribution in [0.25, 0.3) is 0 Å². The summed E-state index contributed by atoms with van der Waals surface area (Å²) >= 11 is 5.80. The maximum atomic E-state index is 10.7. The van der Waals surface area contributed by atoms with Crippen molar-refractivity contribution in [2.24, 2.45) is 0 Å². The molecule has 7 heteroatoms. The van der Waals surface area contributed by atoms with E-state index in [4.69, 9.17) is 21.4 Å². The normalized spacial score (nSPS) is 10.2. The van der Waals surface area contributed by atoms with Gasteiger partial charge in [-0.25, -0.2) is 4.79 Å². The molecule has 0 unspecified atom stereocenters. The first-order valence-electron chi connectivity index (χ1n) is 6.36. The number of benzene rings is 2. The van der Waals surface area contributed by atoms with E-state index in [1.807, 2.05) is 0 Å². The molecule has 22 heavy (non-hydrogen) atoms. The Morgan fingerprint density at radius 1 is 1.23 bits per heavy atom. The number of carboxylic acids is 1. The number of non-ortho nitro benzene ring substituents is 1. The Hall–Kier alpha value is -2.60. The van der Waals surface area contributed by atoms with Crippen molar-refractivity contribution in [3.05, 3.63) is 68.7 Å². The Balaban J connectivity index is 1.96. The molecule has 0 spiro atoms. The third-order valence-electron chi connectivity index (χ3n) is 2.93. The highest BCUT2D eigenvalue weighted by atomic mass is 35.5. The van der Waals surface area contributed by atoms with Crippen molar-refractivity contribution in [3.63, 3.8) is 0 Å². The van der Waals surface area contributed by atoms with E-state index in [0.717, 1.165) is 5.56 Å². The van der Waals surface area contributed by atoms with Crippen LogP contribution in [0.15, 0.2) is 42.5 Å². The molecular weight excluding hydrogens is 310 g/mol. The third kappa shape index (κ3) is 4.20. The fourth-order valence-electron chi connectivity index (χ4n) is 1.84. The van der Waals surface area contributed by atoms with Gasteiger partial charge in [-0.2, -0.15) is 0 Å². The van der Waals surface area contributed by atoms with Crippen LogP contribution in [0.5, 0.6) is 5.75 Å². The van der Waals surface area contributed by atoms with Crippen LogP contribution < -0.4 is 4.74 Å². The minimum Gasteiger partial charge on any atom is -0.493 e. The topological polar surface area (TPSA) is 89.7 Å². The lowest BCUT2D eigenvalue weighted by atomic mass is 10.1. The molecule has 0 atom stereocenters. The summed E-state index contributed by atoms with van der Waals surface area (Å²) in [7, 11) is 0. The first kappa shape index (κ1) is 15.8. The minimum atomic E-state index is -0.978. The van der Waals surface area contributed by atoms with Crippen molar-refractivity contribution in [2.45, 2.75) is 6.42 Å². The van der Waals surface area contributed by atoms with Gasteiger partial charge in [0, 0.05) is 12.5 Å². The molecule has 0 fully saturated rings. The number of rotatable bonds is 6. The molecule has 0 aliphatic heterocycles. The number of ether oxygens (including phenoxy) is 1. The van der Waals surface area contributed by atoms with Gasteiger partial charge in [0.1, 0.15) is 5.75 Å². The van der Waals surface area contributed by atoms with Gasteiger partial charge in [-0.15, -0.1) is 0 Å². The lowest BCUT2D eigenvalue weighted by Gasteiger charge is -2.07. The van der Waals surface area contributed by atoms with Gasteiger partial charge in [0.2, 0.25) is 0 Å². The first-order valence-corrected chi connectivity index (χ1v) is 6.73. The molecule has 0 aromatic heterocycles. The van der Waals surface area contributed by atoms with Crippen LogP contribution in [0.4, 0.5) is 5.69 Å². The molecule has 0 heterocycles. The number of hydrogen-bond donors (Lipinski definition) is 1. The van der Waals surface area contributed by atoms with Crippen molar-refractivity contribution in [2.75, 3.05) is 6.61 Å². The van der Waals surface area contributed by atoms with E-state index in [1.165, 1.54) is 30.3 Å². The zero-order valence-corrected chi connectivity index (χ0v) is 12.1. The minimum absolute atomic E-state index is 0.131. The Labute approximate surface area is 131 Å². The Kier molecular flexibility index (Phi) is 4.95. The average Bonchev–Trinajstić information content (AvgIpc) is 2.47. The number of halogens is 1. The highest BCUT2D eigenvalue weighted by molar-refractivity contribution is 6.30. The average molecular weight is 322 g/mol. The van der Waals surface area contributed by atoms with Crippen LogP contribution in [0.2, 0.25) is 5.02 Å². The summed E-state index contributed by atoms with van der Waals surface area (Å²) in [6.45, 7) is 0.296. The number of hydrogen-bond acceptors (Lipinski definition) is 4. The molecule has 0 radical (unpaired) electrons. The Morgan fingerprint density at radius 2 is 1.91 bits per heavy atom. The molecule has 0 saturated carbocycles. The predicted molar refractivity (Wildman–Crippen MR) is 80.7 cm³/mol. The highest BCUT2D eigenvalue weighted by Crippen LogP contribution is 2.25. The number of carboxylic acid groups (broad SMARTS) is 1. The predicted octanol–water partition coefficient (Wildman–Crippen LogP) is 3.57. The van der Waals surface area contributed by atoms with Gasteiger partial charge in [0.15, 0.2) is 0 Å². The van der Waals surface area contributed by atoms with Gasteiger partial charge in [-0.05, 0) is 23.8 Å². The summed E-state index contributed by atoms with van der Waals surface area (Å²) < 4.78 is 5.45. The summed E-state index contributed by atoms with van der Waals surface area (Å²) in [6.07, 6.45) is 0.542. The van der Waals surface area contributed by atoms with Gasteiger partial charge in [0.05, 0.1) is 28.2 Å². The van der Waals surface area contributed by atoms with E-state index in [1.54, 1.807) is 12.1 Å². The van der Waals surface area contributed by atoms with Crippen LogP contribution >= 0.6 is 11.6 Å². The van der Waals surface area contributed by atoms with Crippen molar-refractivity contribution < 1.29 is 19.6 Å². The van der Waals surface area contributed by atoms with Gasteiger partial charge < -0.3 is 9.84 Å². The summed E-state index contributed by atoms with van der Waals surface area (Å²) in [6, 6.07) is 10.5. The summed E-state index contributed by atoms with van der Waals surface area (Å²) in [5, 5.41) is 19.8. The van der Waals surface area contributed by atoms with E-state index in [-0.39, 0.29) is 16.3 Å². The second-order valence-electron chi connectivity index (χ2n) is 4.50. The molecule has 114 valence electrons. The van der Waals surface area contributed by atoms with E-state index >= 15 is 0 Å². The Bertz CT molecular complexity index is 700. The fourth-order valence-corrected chi connectivity index (χ4v) is 2.06. The third-order valence-corrected chi connectivity index (χ3v) is 3.15. The molecule has 0 amide bonds. The van der Waals surface area contributed by atoms with E-state index in [0.29, 0.717) is 18.8 Å². The fraction of sp³-hybridized carbons (Fsp3) is 0.133. The van der Waals surface area contributed by atoms with Crippen molar-refractivity contribution in [1.82, 2.24) is 0 Å². The van der Waals surface area contributed by atoms with Crippen LogP contribution in [-0.2, 0) is 6.42 Å². The maximum absolute atomic E-state index is 10.7. The smallest absolute Gasteiger partial charge is 0.335 e. The Morgan fingerprint density at radius 3 is 2.50 bits per heavy atom. The molecule has 0 bridgehead atoms. The van der Waals surface area contributed by atoms with Gasteiger partial charge in [-0.1, -0.05) is 23.7 Å². The van der Waals surface area contributed by atoms with Crippen molar-refractivity contribution >= 4 is 23.3 Å². The van der Waals surface area contributed by atoms with E-state index in [9.17, 15) is 14.9 Å². The molecule has 2 aromatic carbocycles. The number of nitrogens with zero attached hydrogens (tertiary/aromatic N) is 1. The van der Waals surface area contributed by atoms with Crippen molar-refractivity contribution in [3.8, 4) is 5.75 Å². The van der Waals surface area contributed by atoms with Gasteiger partial charge >= 0.3 is 5.97 Å². The molecule has 2 rings (SSSR count). The monoisotopic (exact) mass is 321 g/mol. The van der Waals surface area contributed by atoms with Gasteiger partial charge in [0.25, 0.3) is 5.69 Å². The molecule has 0 saturated heterocycles. The van der Waals surface area contributed by atoms with E-state index < -0.39 is 10.9 Å². The highest BCUT2D eigenvalue weighted by Gasteiger charge is 2.09. The second-order valence-corrected chi connectivity index (χ2v) is 4.94.